The summed E-state index contributed by atoms with van der Waals surface area (Å²) < 4.78 is 1.15. The van der Waals surface area contributed by atoms with Crippen LogP contribution in [0.5, 0.6) is 0 Å². The van der Waals surface area contributed by atoms with Gasteiger partial charge in [0.1, 0.15) is 6.54 Å². The zero-order chi connectivity index (χ0) is 15.4. The van der Waals surface area contributed by atoms with E-state index in [4.69, 9.17) is 0 Å². The lowest BCUT2D eigenvalue weighted by atomic mass is 10.0. The Kier molecular flexibility index (Phi) is 4.37. The van der Waals surface area contributed by atoms with Gasteiger partial charge in [0.15, 0.2) is 0 Å². The fraction of sp³-hybridized carbons (Fsp3) is 0.267. The quantitative estimate of drug-likeness (QED) is 0.869. The normalized spacial score (nSPS) is 11.9. The van der Waals surface area contributed by atoms with Crippen molar-refractivity contribution in [3.05, 3.63) is 68.5 Å². The van der Waals surface area contributed by atoms with Crippen molar-refractivity contribution < 1.29 is 4.79 Å². The molecule has 0 saturated carbocycles. The van der Waals surface area contributed by atoms with E-state index in [-0.39, 0.29) is 18.5 Å². The topological polar surface area (TPSA) is 84.0 Å². The van der Waals surface area contributed by atoms with Gasteiger partial charge in [-0.3, -0.25) is 19.1 Å². The molecule has 0 radical (unpaired) electrons. The number of nitrogens with zero attached hydrogens (tertiary/aromatic N) is 1. The van der Waals surface area contributed by atoms with Crippen molar-refractivity contribution >= 4 is 5.91 Å². The molecule has 1 aromatic heterocycles. The number of aryl methyl sites for hydroxylation is 1. The Morgan fingerprint density at radius 1 is 1.29 bits per heavy atom. The number of H-pyrrole nitrogens is 1. The SMILES string of the molecule is Cc1ccccc1[C@@H](C)NC(=O)Cn1ccc(=O)[nH]c1=O. The summed E-state index contributed by atoms with van der Waals surface area (Å²) in [7, 11) is 0. The van der Waals surface area contributed by atoms with Crippen LogP contribution >= 0.6 is 0 Å². The molecule has 1 amide bonds. The molecule has 6 heteroatoms. The van der Waals surface area contributed by atoms with Crippen LogP contribution in [0.25, 0.3) is 0 Å². The van der Waals surface area contributed by atoms with Crippen molar-refractivity contribution in [2.24, 2.45) is 0 Å². The lowest BCUT2D eigenvalue weighted by molar-refractivity contribution is -0.122. The highest BCUT2D eigenvalue weighted by Gasteiger charge is 2.12. The summed E-state index contributed by atoms with van der Waals surface area (Å²) in [6.45, 7) is 3.73. The number of hydrogen-bond donors (Lipinski definition) is 2. The molecule has 0 saturated heterocycles. The number of aromatic nitrogens is 2. The maximum atomic E-state index is 12.0. The number of rotatable bonds is 4. The molecule has 2 aromatic rings. The Balaban J connectivity index is 2.07. The molecule has 1 heterocycles. The number of benzene rings is 1. The van der Waals surface area contributed by atoms with Crippen LogP contribution in [0.15, 0.2) is 46.1 Å². The van der Waals surface area contributed by atoms with Crippen LogP contribution in [-0.4, -0.2) is 15.5 Å². The molecule has 0 aliphatic heterocycles. The van der Waals surface area contributed by atoms with Gasteiger partial charge in [0.25, 0.3) is 5.56 Å². The fourth-order valence-electron chi connectivity index (χ4n) is 2.16. The maximum absolute atomic E-state index is 12.0. The Morgan fingerprint density at radius 3 is 2.67 bits per heavy atom. The molecule has 110 valence electrons. The number of nitrogens with one attached hydrogen (secondary N) is 2. The first-order valence-corrected chi connectivity index (χ1v) is 6.62. The lowest BCUT2D eigenvalue weighted by Crippen LogP contribution is -2.36. The molecule has 0 fully saturated rings. The highest BCUT2D eigenvalue weighted by Crippen LogP contribution is 2.16. The third-order valence-corrected chi connectivity index (χ3v) is 3.24. The first-order valence-electron chi connectivity index (χ1n) is 6.62. The summed E-state index contributed by atoms with van der Waals surface area (Å²) in [5, 5.41) is 2.84. The van der Waals surface area contributed by atoms with Gasteiger partial charge in [-0.1, -0.05) is 24.3 Å². The maximum Gasteiger partial charge on any atom is 0.328 e. The van der Waals surface area contributed by atoms with E-state index in [0.717, 1.165) is 15.7 Å². The molecular weight excluding hydrogens is 270 g/mol. The molecule has 21 heavy (non-hydrogen) atoms. The van der Waals surface area contributed by atoms with E-state index in [1.165, 1.54) is 12.3 Å². The Hall–Kier alpha value is -2.63. The summed E-state index contributed by atoms with van der Waals surface area (Å²) in [6, 6.07) is 8.83. The molecule has 6 nitrogen and oxygen atoms in total. The zero-order valence-corrected chi connectivity index (χ0v) is 11.9. The molecule has 0 unspecified atom stereocenters. The van der Waals surface area contributed by atoms with E-state index < -0.39 is 11.2 Å². The predicted octanol–water partition coefficient (Wildman–Crippen LogP) is 0.722. The van der Waals surface area contributed by atoms with Gasteiger partial charge in [0, 0.05) is 12.3 Å². The first kappa shape index (κ1) is 14.8. The van der Waals surface area contributed by atoms with Crippen molar-refractivity contribution in [1.29, 1.82) is 0 Å². The van der Waals surface area contributed by atoms with Crippen molar-refractivity contribution in [2.75, 3.05) is 0 Å². The Bertz CT molecular complexity index is 761. The minimum Gasteiger partial charge on any atom is -0.348 e. The zero-order valence-electron chi connectivity index (χ0n) is 11.9. The fourth-order valence-corrected chi connectivity index (χ4v) is 2.16. The average molecular weight is 287 g/mol. The van der Waals surface area contributed by atoms with Gasteiger partial charge in [-0.25, -0.2) is 4.79 Å². The van der Waals surface area contributed by atoms with Crippen molar-refractivity contribution in [3.63, 3.8) is 0 Å². The van der Waals surface area contributed by atoms with E-state index in [1.807, 2.05) is 38.1 Å². The van der Waals surface area contributed by atoms with Gasteiger partial charge in [0.05, 0.1) is 6.04 Å². The molecule has 0 aliphatic rings. The molecule has 0 spiro atoms. The van der Waals surface area contributed by atoms with E-state index in [1.54, 1.807) is 0 Å². The molecule has 1 atom stereocenters. The summed E-state index contributed by atoms with van der Waals surface area (Å²) in [6.07, 6.45) is 1.30. The second-order valence-corrected chi connectivity index (χ2v) is 4.88. The summed E-state index contributed by atoms with van der Waals surface area (Å²) >= 11 is 0. The van der Waals surface area contributed by atoms with Crippen LogP contribution in [0.3, 0.4) is 0 Å². The highest BCUT2D eigenvalue weighted by atomic mass is 16.2. The number of amides is 1. The van der Waals surface area contributed by atoms with Gasteiger partial charge in [-0.05, 0) is 25.0 Å². The van der Waals surface area contributed by atoms with Crippen LogP contribution in [0.1, 0.15) is 24.1 Å². The van der Waals surface area contributed by atoms with Gasteiger partial charge >= 0.3 is 5.69 Å². The number of aromatic amines is 1. The van der Waals surface area contributed by atoms with Crippen molar-refractivity contribution in [3.8, 4) is 0 Å². The van der Waals surface area contributed by atoms with E-state index in [0.29, 0.717) is 0 Å². The standard InChI is InChI=1S/C15H17N3O3/c1-10-5-3-4-6-12(10)11(2)16-14(20)9-18-8-7-13(19)17-15(18)21/h3-8,11H,9H2,1-2H3,(H,16,20)(H,17,19,21)/t11-/m1/s1. The molecule has 2 N–H and O–H groups in total. The second-order valence-electron chi connectivity index (χ2n) is 4.88. The third kappa shape index (κ3) is 3.68. The van der Waals surface area contributed by atoms with Gasteiger partial charge in [-0.15, -0.1) is 0 Å². The summed E-state index contributed by atoms with van der Waals surface area (Å²) in [5.41, 5.74) is 1.04. The minimum atomic E-state index is -0.596. The molecule has 0 aliphatic carbocycles. The van der Waals surface area contributed by atoms with E-state index in [9.17, 15) is 14.4 Å². The largest absolute Gasteiger partial charge is 0.348 e. The van der Waals surface area contributed by atoms with Crippen LogP contribution in [0.2, 0.25) is 0 Å². The summed E-state index contributed by atoms with van der Waals surface area (Å²) in [4.78, 5) is 36.6. The van der Waals surface area contributed by atoms with Crippen LogP contribution < -0.4 is 16.6 Å². The monoisotopic (exact) mass is 287 g/mol. The van der Waals surface area contributed by atoms with Crippen LogP contribution in [-0.2, 0) is 11.3 Å². The second kappa shape index (κ2) is 6.21. The van der Waals surface area contributed by atoms with E-state index >= 15 is 0 Å². The minimum absolute atomic E-state index is 0.133. The Labute approximate surface area is 121 Å². The smallest absolute Gasteiger partial charge is 0.328 e. The molecule has 0 bridgehead atoms. The van der Waals surface area contributed by atoms with E-state index in [2.05, 4.69) is 10.3 Å². The lowest BCUT2D eigenvalue weighted by Gasteiger charge is -2.16. The van der Waals surface area contributed by atoms with Crippen molar-refractivity contribution in [2.45, 2.75) is 26.4 Å². The molecular formula is C15H17N3O3. The van der Waals surface area contributed by atoms with Crippen LogP contribution in [0, 0.1) is 6.92 Å². The Morgan fingerprint density at radius 2 is 2.00 bits per heavy atom. The number of carbonyl (C=O) groups is 1. The van der Waals surface area contributed by atoms with Crippen LogP contribution in [0.4, 0.5) is 0 Å². The highest BCUT2D eigenvalue weighted by molar-refractivity contribution is 5.76. The first-order chi connectivity index (χ1) is 9.97. The number of carbonyl (C=O) groups excluding carboxylic acids is 1. The van der Waals surface area contributed by atoms with Crippen molar-refractivity contribution in [1.82, 2.24) is 14.9 Å². The summed E-state index contributed by atoms with van der Waals surface area (Å²) in [5.74, 6) is -0.292. The number of hydrogen-bond acceptors (Lipinski definition) is 3. The third-order valence-electron chi connectivity index (χ3n) is 3.24. The predicted molar refractivity (Wildman–Crippen MR) is 79.1 cm³/mol. The van der Waals surface area contributed by atoms with Gasteiger partial charge < -0.3 is 5.32 Å². The average Bonchev–Trinajstić information content (AvgIpc) is 2.42. The molecule has 1 aromatic carbocycles. The van der Waals surface area contributed by atoms with Gasteiger partial charge in [0.2, 0.25) is 5.91 Å². The van der Waals surface area contributed by atoms with Gasteiger partial charge in [-0.2, -0.15) is 0 Å². The molecule has 2 rings (SSSR count).